The van der Waals surface area contributed by atoms with Gasteiger partial charge >= 0.3 is 0 Å². The van der Waals surface area contributed by atoms with Gasteiger partial charge in [0.25, 0.3) is 0 Å². The van der Waals surface area contributed by atoms with Crippen LogP contribution in [0.4, 0.5) is 0 Å². The van der Waals surface area contributed by atoms with Gasteiger partial charge in [0.2, 0.25) is 0 Å². The van der Waals surface area contributed by atoms with Crippen molar-refractivity contribution < 1.29 is 34.4 Å². The topological polar surface area (TPSA) is 109 Å². The summed E-state index contributed by atoms with van der Waals surface area (Å²) >= 11 is 0. The maximum Gasteiger partial charge on any atom is 0.199 e. The number of ether oxygens (including phenoxy) is 3. The minimum Gasteiger partial charge on any atom is -0.393 e. The molecule has 37 heavy (non-hydrogen) atoms. The van der Waals surface area contributed by atoms with E-state index >= 15 is 0 Å². The highest BCUT2D eigenvalue weighted by molar-refractivity contribution is 5.93. The Kier molecular flexibility index (Phi) is 5.78. The zero-order chi connectivity index (χ0) is 26.6. The molecule has 8 heteroatoms. The average molecular weight is 518 g/mol. The third-order valence-electron chi connectivity index (χ3n) is 11.1. The summed E-state index contributed by atoms with van der Waals surface area (Å²) in [5.74, 6) is 0.327. The number of hydrogen-bond donors (Lipinski definition) is 3. The molecule has 0 aromatic rings. The fourth-order valence-electron chi connectivity index (χ4n) is 9.54. The minimum atomic E-state index is -1.52. The lowest BCUT2D eigenvalue weighted by atomic mass is 9.46. The molecule has 2 aliphatic heterocycles. The Morgan fingerprint density at radius 1 is 1.22 bits per heavy atom. The standard InChI is InChI=1S/C29H43NO7/c1-6-7-23-36-22-13-20-19-9-8-17-12-18(32)10-11-26(17,4)24(19)21(33)14-27(20,5)29(22,37-23)28(15-31)30(34)25(2,3)16-35-28/h8,10-11,19-24,31,33-34H,6-7,9,12-16H2,1-5H3/t19?,20?,21-,22+,23?,24?,26-,27-,28?,29+/m0/s1. The van der Waals surface area contributed by atoms with Gasteiger partial charge in [-0.25, -0.2) is 0 Å². The lowest BCUT2D eigenvalue weighted by Crippen LogP contribution is -2.75. The van der Waals surface area contributed by atoms with Gasteiger partial charge in [-0.1, -0.05) is 44.9 Å². The van der Waals surface area contributed by atoms with Gasteiger partial charge in [0, 0.05) is 23.2 Å². The van der Waals surface area contributed by atoms with Gasteiger partial charge in [-0.2, -0.15) is 0 Å². The molecule has 2 heterocycles. The van der Waals surface area contributed by atoms with Crippen LogP contribution in [-0.2, 0) is 19.0 Å². The van der Waals surface area contributed by atoms with Crippen molar-refractivity contribution in [2.75, 3.05) is 13.2 Å². The number of carbonyl (C=O) groups is 1. The van der Waals surface area contributed by atoms with E-state index < -0.39 is 47.4 Å². The summed E-state index contributed by atoms with van der Waals surface area (Å²) in [5.41, 5.74) is -3.32. The molecule has 0 spiro atoms. The Morgan fingerprint density at radius 3 is 2.62 bits per heavy atom. The molecule has 2 saturated heterocycles. The molecular formula is C29H43NO7. The van der Waals surface area contributed by atoms with Gasteiger partial charge in [-0.3, -0.25) is 4.79 Å². The Bertz CT molecular complexity index is 1040. The zero-order valence-electron chi connectivity index (χ0n) is 22.8. The van der Waals surface area contributed by atoms with Crippen LogP contribution in [0, 0.1) is 28.6 Å². The molecular weight excluding hydrogens is 474 g/mol. The van der Waals surface area contributed by atoms with Crippen LogP contribution < -0.4 is 0 Å². The number of fused-ring (bicyclic) bond motifs is 7. The second kappa shape index (κ2) is 8.19. The third kappa shape index (κ3) is 3.06. The minimum absolute atomic E-state index is 0.0338. The molecule has 5 unspecified atom stereocenters. The van der Waals surface area contributed by atoms with Crippen LogP contribution in [0.1, 0.15) is 73.1 Å². The van der Waals surface area contributed by atoms with E-state index in [1.807, 2.05) is 19.9 Å². The van der Waals surface area contributed by atoms with Crippen LogP contribution in [0.15, 0.2) is 23.8 Å². The van der Waals surface area contributed by atoms with E-state index in [4.69, 9.17) is 14.2 Å². The molecule has 0 aromatic carbocycles. The molecule has 0 bridgehead atoms. The van der Waals surface area contributed by atoms with Crippen molar-refractivity contribution in [1.82, 2.24) is 5.06 Å². The van der Waals surface area contributed by atoms with Crippen molar-refractivity contribution in [3.63, 3.8) is 0 Å². The molecule has 206 valence electrons. The molecule has 2 saturated carbocycles. The molecule has 10 atom stereocenters. The predicted molar refractivity (Wildman–Crippen MR) is 134 cm³/mol. The number of aliphatic hydroxyl groups is 2. The van der Waals surface area contributed by atoms with Crippen molar-refractivity contribution in [2.45, 2.75) is 109 Å². The smallest absolute Gasteiger partial charge is 0.199 e. The Labute approximate surface area is 219 Å². The second-order valence-electron chi connectivity index (χ2n) is 13.5. The summed E-state index contributed by atoms with van der Waals surface area (Å²) in [7, 11) is 0. The van der Waals surface area contributed by atoms with Gasteiger partial charge in [-0.05, 0) is 57.4 Å². The summed E-state index contributed by atoms with van der Waals surface area (Å²) in [4.78, 5) is 12.2. The summed E-state index contributed by atoms with van der Waals surface area (Å²) in [6.07, 6.45) is 8.30. The SMILES string of the molecule is CCCC1O[C@@H]2CC3C4CC=C5CC(=O)C=C[C@]5(C)C4[C@@H](O)C[C@]3(C)[C@]2(C2(CO)OCC(C)(C)N2O)O1. The van der Waals surface area contributed by atoms with E-state index in [2.05, 4.69) is 26.8 Å². The lowest BCUT2D eigenvalue weighted by Gasteiger charge is -2.62. The molecule has 0 aromatic heterocycles. The first-order valence-electron chi connectivity index (χ1n) is 14.1. The highest BCUT2D eigenvalue weighted by Crippen LogP contribution is 2.72. The first-order valence-corrected chi connectivity index (χ1v) is 14.1. The van der Waals surface area contributed by atoms with E-state index in [1.165, 1.54) is 5.06 Å². The maximum absolute atomic E-state index is 12.2. The van der Waals surface area contributed by atoms with Gasteiger partial charge in [0.15, 0.2) is 17.8 Å². The normalized spacial score (nSPS) is 52.4. The predicted octanol–water partition coefficient (Wildman–Crippen LogP) is 3.34. The van der Waals surface area contributed by atoms with Crippen LogP contribution in [-0.4, -0.2) is 74.8 Å². The first kappa shape index (κ1) is 26.1. The second-order valence-corrected chi connectivity index (χ2v) is 13.5. The third-order valence-corrected chi connectivity index (χ3v) is 11.1. The number of allylic oxidation sites excluding steroid dienone is 4. The van der Waals surface area contributed by atoms with Crippen molar-refractivity contribution in [1.29, 1.82) is 0 Å². The summed E-state index contributed by atoms with van der Waals surface area (Å²) in [6.45, 7) is 9.95. The van der Waals surface area contributed by atoms with Crippen LogP contribution in [0.5, 0.6) is 0 Å². The maximum atomic E-state index is 12.2. The number of nitrogens with zero attached hydrogens (tertiary/aromatic N) is 1. The quantitative estimate of drug-likeness (QED) is 0.488. The molecule has 0 radical (unpaired) electrons. The number of aliphatic hydroxyl groups excluding tert-OH is 2. The number of carbonyl (C=O) groups excluding carboxylic acids is 1. The van der Waals surface area contributed by atoms with E-state index in [9.17, 15) is 20.2 Å². The summed E-state index contributed by atoms with van der Waals surface area (Å²) < 4.78 is 19.9. The molecule has 4 fully saturated rings. The number of ketones is 1. The van der Waals surface area contributed by atoms with Crippen molar-refractivity contribution in [3.8, 4) is 0 Å². The van der Waals surface area contributed by atoms with Crippen LogP contribution in [0.2, 0.25) is 0 Å². The number of hydroxylamine groups is 2. The van der Waals surface area contributed by atoms with Gasteiger partial charge in [-0.15, -0.1) is 5.06 Å². The van der Waals surface area contributed by atoms with Gasteiger partial charge in [0.05, 0.1) is 31.0 Å². The van der Waals surface area contributed by atoms with E-state index in [0.717, 1.165) is 18.4 Å². The Morgan fingerprint density at radius 2 is 1.97 bits per heavy atom. The van der Waals surface area contributed by atoms with Crippen molar-refractivity contribution >= 4 is 5.78 Å². The summed E-state index contributed by atoms with van der Waals surface area (Å²) in [5, 5.41) is 35.7. The number of hydrogen-bond acceptors (Lipinski definition) is 8. The zero-order valence-corrected chi connectivity index (χ0v) is 22.8. The number of rotatable bonds is 4. The highest BCUT2D eigenvalue weighted by atomic mass is 16.8. The Balaban J connectivity index is 1.48. The first-order chi connectivity index (χ1) is 17.4. The molecule has 3 N–H and O–H groups in total. The molecule has 6 rings (SSSR count). The van der Waals surface area contributed by atoms with Crippen LogP contribution >= 0.6 is 0 Å². The molecule has 0 amide bonds. The highest BCUT2D eigenvalue weighted by Gasteiger charge is 2.82. The monoisotopic (exact) mass is 517 g/mol. The van der Waals surface area contributed by atoms with Crippen molar-refractivity contribution in [2.24, 2.45) is 28.6 Å². The average Bonchev–Trinajstić information content (AvgIpc) is 3.40. The molecule has 6 aliphatic rings. The van der Waals surface area contributed by atoms with E-state index in [-0.39, 0.29) is 35.6 Å². The lowest BCUT2D eigenvalue weighted by molar-refractivity contribution is -0.358. The largest absolute Gasteiger partial charge is 0.393 e. The Hall–Kier alpha value is -1.13. The fraction of sp³-hybridized carbons (Fsp3) is 0.828. The van der Waals surface area contributed by atoms with E-state index in [1.54, 1.807) is 6.08 Å². The molecule has 4 aliphatic carbocycles. The molecule has 8 nitrogen and oxygen atoms in total. The van der Waals surface area contributed by atoms with Gasteiger partial charge in [0.1, 0.15) is 5.60 Å². The van der Waals surface area contributed by atoms with Crippen molar-refractivity contribution in [3.05, 3.63) is 23.8 Å². The van der Waals surface area contributed by atoms with Crippen LogP contribution in [0.3, 0.4) is 0 Å². The van der Waals surface area contributed by atoms with Gasteiger partial charge < -0.3 is 29.6 Å². The van der Waals surface area contributed by atoms with Crippen LogP contribution in [0.25, 0.3) is 0 Å². The van der Waals surface area contributed by atoms with E-state index in [0.29, 0.717) is 25.7 Å². The fourth-order valence-corrected chi connectivity index (χ4v) is 9.54. The summed E-state index contributed by atoms with van der Waals surface area (Å²) in [6, 6.07) is 0.